The zero-order chi connectivity index (χ0) is 17.2. The van der Waals surface area contributed by atoms with Gasteiger partial charge in [-0.2, -0.15) is 0 Å². The van der Waals surface area contributed by atoms with Crippen molar-refractivity contribution in [1.82, 2.24) is 9.55 Å². The number of nitrogens with one attached hydrogen (secondary N) is 2. The van der Waals surface area contributed by atoms with Crippen LogP contribution in [-0.2, 0) is 13.5 Å². The van der Waals surface area contributed by atoms with Crippen LogP contribution in [0.15, 0.2) is 35.7 Å². The molecule has 3 heterocycles. The molecule has 1 aliphatic heterocycles. The fourth-order valence-electron chi connectivity index (χ4n) is 3.57. The number of fused-ring (bicyclic) bond motifs is 1. The number of thiophene rings is 1. The SMILES string of the molecule is Cn1c(CC[NH+]2CCCC2)nc2cc(NC(=O)c3cccs3)ccc21. The van der Waals surface area contributed by atoms with E-state index in [9.17, 15) is 4.79 Å². The maximum Gasteiger partial charge on any atom is 0.265 e. The van der Waals surface area contributed by atoms with Gasteiger partial charge in [-0.1, -0.05) is 6.07 Å². The Morgan fingerprint density at radius 3 is 2.92 bits per heavy atom. The van der Waals surface area contributed by atoms with Crippen molar-refractivity contribution < 1.29 is 9.69 Å². The van der Waals surface area contributed by atoms with Gasteiger partial charge in [0, 0.05) is 25.6 Å². The molecule has 0 bridgehead atoms. The first kappa shape index (κ1) is 16.3. The summed E-state index contributed by atoms with van der Waals surface area (Å²) in [5, 5.41) is 4.87. The van der Waals surface area contributed by atoms with Crippen LogP contribution in [0, 0.1) is 0 Å². The third kappa shape index (κ3) is 3.45. The van der Waals surface area contributed by atoms with Gasteiger partial charge in [-0.25, -0.2) is 4.98 Å². The first-order valence-electron chi connectivity index (χ1n) is 8.84. The van der Waals surface area contributed by atoms with Gasteiger partial charge in [-0.15, -0.1) is 11.3 Å². The summed E-state index contributed by atoms with van der Waals surface area (Å²) < 4.78 is 2.18. The molecule has 2 aromatic heterocycles. The molecule has 25 heavy (non-hydrogen) atoms. The van der Waals surface area contributed by atoms with Crippen LogP contribution >= 0.6 is 11.3 Å². The lowest BCUT2D eigenvalue weighted by Gasteiger charge is -2.11. The zero-order valence-electron chi connectivity index (χ0n) is 14.4. The van der Waals surface area contributed by atoms with Crippen LogP contribution in [0.3, 0.4) is 0 Å². The van der Waals surface area contributed by atoms with Crippen molar-refractivity contribution >= 4 is 34.0 Å². The summed E-state index contributed by atoms with van der Waals surface area (Å²) in [6.45, 7) is 3.74. The first-order chi connectivity index (χ1) is 12.2. The molecule has 0 saturated carbocycles. The molecule has 0 radical (unpaired) electrons. The molecule has 6 heteroatoms. The summed E-state index contributed by atoms with van der Waals surface area (Å²) in [5.41, 5.74) is 2.85. The quantitative estimate of drug-likeness (QED) is 0.736. The van der Waals surface area contributed by atoms with E-state index in [0.717, 1.165) is 40.4 Å². The van der Waals surface area contributed by atoms with Gasteiger partial charge < -0.3 is 14.8 Å². The molecule has 1 amide bonds. The van der Waals surface area contributed by atoms with Crippen molar-refractivity contribution in [2.45, 2.75) is 19.3 Å². The second-order valence-electron chi connectivity index (χ2n) is 6.68. The number of anilines is 1. The minimum absolute atomic E-state index is 0.0665. The molecule has 5 nitrogen and oxygen atoms in total. The minimum atomic E-state index is -0.0665. The predicted octanol–water partition coefficient (Wildman–Crippen LogP) is 2.11. The number of aromatic nitrogens is 2. The number of carbonyl (C=O) groups excluding carboxylic acids is 1. The molecule has 1 aromatic carbocycles. The molecule has 0 atom stereocenters. The Hall–Kier alpha value is -2.18. The Labute approximate surface area is 151 Å². The number of benzene rings is 1. The number of imidazole rings is 1. The average molecular weight is 355 g/mol. The Morgan fingerprint density at radius 1 is 1.32 bits per heavy atom. The molecule has 4 rings (SSSR count). The van der Waals surface area contributed by atoms with Gasteiger partial charge in [0.2, 0.25) is 0 Å². The normalized spacial score (nSPS) is 15.1. The Bertz CT molecular complexity index is 878. The van der Waals surface area contributed by atoms with Crippen LogP contribution < -0.4 is 10.2 Å². The zero-order valence-corrected chi connectivity index (χ0v) is 15.2. The van der Waals surface area contributed by atoms with E-state index in [1.807, 2.05) is 35.7 Å². The minimum Gasteiger partial charge on any atom is -0.335 e. The largest absolute Gasteiger partial charge is 0.335 e. The highest BCUT2D eigenvalue weighted by Crippen LogP contribution is 2.21. The summed E-state index contributed by atoms with van der Waals surface area (Å²) in [4.78, 5) is 19.4. The van der Waals surface area contributed by atoms with E-state index >= 15 is 0 Å². The van der Waals surface area contributed by atoms with E-state index in [-0.39, 0.29) is 5.91 Å². The second-order valence-corrected chi connectivity index (χ2v) is 7.63. The van der Waals surface area contributed by atoms with Crippen molar-refractivity contribution in [3.63, 3.8) is 0 Å². The number of hydrogen-bond donors (Lipinski definition) is 2. The van der Waals surface area contributed by atoms with Gasteiger partial charge >= 0.3 is 0 Å². The van der Waals surface area contributed by atoms with Gasteiger partial charge in [0.15, 0.2) is 0 Å². The van der Waals surface area contributed by atoms with E-state index in [0.29, 0.717) is 0 Å². The number of nitrogens with zero attached hydrogens (tertiary/aromatic N) is 2. The van der Waals surface area contributed by atoms with Crippen LogP contribution in [0.2, 0.25) is 0 Å². The number of hydrogen-bond acceptors (Lipinski definition) is 3. The third-order valence-electron chi connectivity index (χ3n) is 4.99. The van der Waals surface area contributed by atoms with Gasteiger partial charge in [-0.05, 0) is 29.6 Å². The second kappa shape index (κ2) is 6.98. The highest BCUT2D eigenvalue weighted by Gasteiger charge is 2.17. The number of quaternary nitrogens is 1. The lowest BCUT2D eigenvalue weighted by Crippen LogP contribution is -3.10. The van der Waals surface area contributed by atoms with Crippen molar-refractivity contribution in [2.75, 3.05) is 25.0 Å². The van der Waals surface area contributed by atoms with Crippen LogP contribution in [0.4, 0.5) is 5.69 Å². The molecule has 1 aliphatic rings. The summed E-state index contributed by atoms with van der Waals surface area (Å²) in [5.74, 6) is 1.05. The number of carbonyl (C=O) groups is 1. The van der Waals surface area contributed by atoms with Crippen LogP contribution in [0.25, 0.3) is 11.0 Å². The Kier molecular flexibility index (Phi) is 4.55. The topological polar surface area (TPSA) is 51.4 Å². The smallest absolute Gasteiger partial charge is 0.265 e. The van der Waals surface area contributed by atoms with Gasteiger partial charge in [-0.3, -0.25) is 4.79 Å². The first-order valence-corrected chi connectivity index (χ1v) is 9.72. The Balaban J connectivity index is 1.51. The molecule has 1 fully saturated rings. The number of amides is 1. The molecular formula is C19H23N4OS+. The maximum absolute atomic E-state index is 12.2. The van der Waals surface area contributed by atoms with E-state index in [4.69, 9.17) is 4.98 Å². The highest BCUT2D eigenvalue weighted by atomic mass is 32.1. The molecule has 0 aliphatic carbocycles. The molecular weight excluding hydrogens is 332 g/mol. The molecule has 2 N–H and O–H groups in total. The molecule has 0 spiro atoms. The fourth-order valence-corrected chi connectivity index (χ4v) is 4.18. The number of rotatable bonds is 5. The molecule has 130 valence electrons. The van der Waals surface area contributed by atoms with Gasteiger partial charge in [0.1, 0.15) is 5.82 Å². The lowest BCUT2D eigenvalue weighted by atomic mass is 10.2. The summed E-state index contributed by atoms with van der Waals surface area (Å²) in [7, 11) is 2.08. The Morgan fingerprint density at radius 2 is 2.16 bits per heavy atom. The van der Waals surface area contributed by atoms with Crippen LogP contribution in [0.5, 0.6) is 0 Å². The standard InChI is InChI=1S/C19H22N4OS/c1-22-16-7-6-14(20-19(24)17-5-4-12-25-17)13-15(16)21-18(22)8-11-23-9-2-3-10-23/h4-7,12-13H,2-3,8-11H2,1H3,(H,20,24)/p+1. The summed E-state index contributed by atoms with van der Waals surface area (Å²) in [6, 6.07) is 9.67. The number of likely N-dealkylation sites (tertiary alicyclic amines) is 1. The summed E-state index contributed by atoms with van der Waals surface area (Å²) >= 11 is 1.44. The fraction of sp³-hybridized carbons (Fsp3) is 0.368. The van der Waals surface area contributed by atoms with Crippen molar-refractivity contribution in [3.8, 4) is 0 Å². The molecule has 1 saturated heterocycles. The van der Waals surface area contributed by atoms with Crippen LogP contribution in [-0.4, -0.2) is 35.1 Å². The third-order valence-corrected chi connectivity index (χ3v) is 5.86. The van der Waals surface area contributed by atoms with Crippen molar-refractivity contribution in [1.29, 1.82) is 0 Å². The van der Waals surface area contributed by atoms with Gasteiger partial charge in [0.25, 0.3) is 5.91 Å². The predicted molar refractivity (Wildman–Crippen MR) is 101 cm³/mol. The highest BCUT2D eigenvalue weighted by molar-refractivity contribution is 7.12. The van der Waals surface area contributed by atoms with E-state index < -0.39 is 0 Å². The van der Waals surface area contributed by atoms with E-state index in [1.54, 1.807) is 4.90 Å². The van der Waals surface area contributed by atoms with Crippen LogP contribution in [0.1, 0.15) is 28.3 Å². The van der Waals surface area contributed by atoms with Crippen molar-refractivity contribution in [3.05, 3.63) is 46.4 Å². The van der Waals surface area contributed by atoms with Crippen molar-refractivity contribution in [2.24, 2.45) is 7.05 Å². The maximum atomic E-state index is 12.2. The van der Waals surface area contributed by atoms with E-state index in [2.05, 4.69) is 16.9 Å². The lowest BCUT2D eigenvalue weighted by molar-refractivity contribution is -0.887. The summed E-state index contributed by atoms with van der Waals surface area (Å²) in [6.07, 6.45) is 3.70. The van der Waals surface area contributed by atoms with E-state index in [1.165, 1.54) is 37.3 Å². The molecule has 3 aromatic rings. The average Bonchev–Trinajstić information content (AvgIpc) is 3.35. The van der Waals surface area contributed by atoms with Gasteiger partial charge in [0.05, 0.1) is 42.0 Å². The number of aryl methyl sites for hydroxylation is 1. The monoisotopic (exact) mass is 355 g/mol. The molecule has 0 unspecified atom stereocenters.